The second kappa shape index (κ2) is 4.80. The van der Waals surface area contributed by atoms with Gasteiger partial charge < -0.3 is 5.32 Å². The molecule has 16 heavy (non-hydrogen) atoms. The first-order valence-electron chi connectivity index (χ1n) is 4.74. The lowest BCUT2D eigenvalue weighted by atomic mass is 10.2. The number of halogens is 2. The summed E-state index contributed by atoms with van der Waals surface area (Å²) in [6.07, 6.45) is 0. The molecule has 1 aliphatic rings. The van der Waals surface area contributed by atoms with Gasteiger partial charge in [-0.2, -0.15) is 0 Å². The van der Waals surface area contributed by atoms with Gasteiger partial charge in [0.2, 0.25) is 5.91 Å². The summed E-state index contributed by atoms with van der Waals surface area (Å²) in [5.74, 6) is -0.694. The molecule has 0 aliphatic carbocycles. The van der Waals surface area contributed by atoms with Crippen LogP contribution in [0.25, 0.3) is 0 Å². The molecular formula is C10H10F2N2OS. The number of carbonyl (C=O) groups is 1. The summed E-state index contributed by atoms with van der Waals surface area (Å²) in [5, 5.41) is 5.52. The van der Waals surface area contributed by atoms with Crippen LogP contribution in [0.15, 0.2) is 18.2 Å². The SMILES string of the molecule is O=C(Nc1ccc(F)c(F)c1)C1CSCN1. The molecule has 0 radical (unpaired) electrons. The third-order valence-electron chi connectivity index (χ3n) is 2.22. The minimum Gasteiger partial charge on any atom is -0.325 e. The monoisotopic (exact) mass is 244 g/mol. The van der Waals surface area contributed by atoms with Gasteiger partial charge in [-0.1, -0.05) is 0 Å². The largest absolute Gasteiger partial charge is 0.325 e. The second-order valence-corrected chi connectivity index (χ2v) is 4.42. The third kappa shape index (κ3) is 2.51. The minimum atomic E-state index is -0.966. The Balaban J connectivity index is 2.02. The Labute approximate surface area is 95.6 Å². The molecule has 86 valence electrons. The van der Waals surface area contributed by atoms with Crippen LogP contribution >= 0.6 is 11.8 Å². The molecule has 0 spiro atoms. The first kappa shape index (κ1) is 11.3. The van der Waals surface area contributed by atoms with Gasteiger partial charge in [0.05, 0.1) is 6.04 Å². The summed E-state index contributed by atoms with van der Waals surface area (Å²) in [6, 6.07) is 3.02. The number of thioether (sulfide) groups is 1. The van der Waals surface area contributed by atoms with Crippen molar-refractivity contribution in [1.82, 2.24) is 5.32 Å². The normalized spacial score (nSPS) is 19.8. The van der Waals surface area contributed by atoms with Crippen LogP contribution in [0.5, 0.6) is 0 Å². The van der Waals surface area contributed by atoms with Crippen molar-refractivity contribution in [3.63, 3.8) is 0 Å². The Kier molecular flexibility index (Phi) is 3.40. The van der Waals surface area contributed by atoms with Gasteiger partial charge in [0.15, 0.2) is 11.6 Å². The molecule has 1 atom stereocenters. The lowest BCUT2D eigenvalue weighted by molar-refractivity contribution is -0.117. The highest BCUT2D eigenvalue weighted by molar-refractivity contribution is 7.99. The molecule has 1 fully saturated rings. The number of carbonyl (C=O) groups excluding carboxylic acids is 1. The van der Waals surface area contributed by atoms with Crippen molar-refractivity contribution in [3.8, 4) is 0 Å². The number of amides is 1. The molecule has 1 amide bonds. The van der Waals surface area contributed by atoms with E-state index in [4.69, 9.17) is 0 Å². The van der Waals surface area contributed by atoms with Crippen LogP contribution < -0.4 is 10.6 Å². The predicted molar refractivity (Wildman–Crippen MR) is 59.2 cm³/mol. The van der Waals surface area contributed by atoms with Crippen molar-refractivity contribution in [1.29, 1.82) is 0 Å². The van der Waals surface area contributed by atoms with Crippen LogP contribution in [0.1, 0.15) is 0 Å². The van der Waals surface area contributed by atoms with Gasteiger partial charge in [-0.25, -0.2) is 8.78 Å². The molecule has 1 saturated heterocycles. The Hall–Kier alpha value is -1.14. The van der Waals surface area contributed by atoms with Crippen LogP contribution in [0.4, 0.5) is 14.5 Å². The Bertz CT molecular complexity index is 408. The topological polar surface area (TPSA) is 41.1 Å². The number of anilines is 1. The highest BCUT2D eigenvalue weighted by Gasteiger charge is 2.22. The minimum absolute atomic E-state index is 0.226. The zero-order valence-corrected chi connectivity index (χ0v) is 9.11. The Morgan fingerprint density at radius 3 is 2.88 bits per heavy atom. The van der Waals surface area contributed by atoms with Gasteiger partial charge in [-0.3, -0.25) is 10.1 Å². The third-order valence-corrected chi connectivity index (χ3v) is 3.16. The van der Waals surface area contributed by atoms with Crippen LogP contribution in [0.2, 0.25) is 0 Å². The molecule has 0 saturated carbocycles. The summed E-state index contributed by atoms with van der Waals surface area (Å²) >= 11 is 1.62. The molecular weight excluding hydrogens is 234 g/mol. The lowest BCUT2D eigenvalue weighted by Gasteiger charge is -2.10. The van der Waals surface area contributed by atoms with Gasteiger partial charge in [-0.05, 0) is 12.1 Å². The summed E-state index contributed by atoms with van der Waals surface area (Å²) < 4.78 is 25.5. The smallest absolute Gasteiger partial charge is 0.242 e. The second-order valence-electron chi connectivity index (χ2n) is 3.39. The van der Waals surface area contributed by atoms with Crippen molar-refractivity contribution in [2.24, 2.45) is 0 Å². The summed E-state index contributed by atoms with van der Waals surface area (Å²) in [6.45, 7) is 0. The number of hydrogen-bond donors (Lipinski definition) is 2. The van der Waals surface area contributed by atoms with E-state index in [1.807, 2.05) is 0 Å². The van der Waals surface area contributed by atoms with E-state index in [2.05, 4.69) is 10.6 Å². The first-order valence-corrected chi connectivity index (χ1v) is 5.89. The fraction of sp³-hybridized carbons (Fsp3) is 0.300. The van der Waals surface area contributed by atoms with Crippen LogP contribution in [-0.4, -0.2) is 23.6 Å². The van der Waals surface area contributed by atoms with E-state index in [-0.39, 0.29) is 17.6 Å². The average molecular weight is 244 g/mol. The van der Waals surface area contributed by atoms with E-state index in [9.17, 15) is 13.6 Å². The van der Waals surface area contributed by atoms with Gasteiger partial charge in [0.1, 0.15) is 0 Å². The molecule has 0 aromatic heterocycles. The van der Waals surface area contributed by atoms with Crippen LogP contribution in [0.3, 0.4) is 0 Å². The molecule has 1 heterocycles. The maximum atomic E-state index is 12.9. The fourth-order valence-electron chi connectivity index (χ4n) is 1.37. The maximum Gasteiger partial charge on any atom is 0.242 e. The highest BCUT2D eigenvalue weighted by atomic mass is 32.2. The predicted octanol–water partition coefficient (Wildman–Crippen LogP) is 1.57. The van der Waals surface area contributed by atoms with Gasteiger partial charge in [0.25, 0.3) is 0 Å². The van der Waals surface area contributed by atoms with E-state index >= 15 is 0 Å². The van der Waals surface area contributed by atoms with E-state index in [0.29, 0.717) is 5.75 Å². The highest BCUT2D eigenvalue weighted by Crippen LogP contribution is 2.15. The van der Waals surface area contributed by atoms with Crippen LogP contribution in [-0.2, 0) is 4.79 Å². The number of nitrogens with one attached hydrogen (secondary N) is 2. The van der Waals surface area contributed by atoms with Crippen LogP contribution in [0, 0.1) is 11.6 Å². The van der Waals surface area contributed by atoms with E-state index < -0.39 is 11.6 Å². The zero-order valence-electron chi connectivity index (χ0n) is 8.30. The molecule has 0 bridgehead atoms. The molecule has 3 nitrogen and oxygen atoms in total. The van der Waals surface area contributed by atoms with Gasteiger partial charge in [0, 0.05) is 23.4 Å². The van der Waals surface area contributed by atoms with E-state index in [0.717, 1.165) is 18.0 Å². The molecule has 2 rings (SSSR count). The van der Waals surface area contributed by atoms with Crippen molar-refractivity contribution in [2.75, 3.05) is 16.9 Å². The Morgan fingerprint density at radius 2 is 2.25 bits per heavy atom. The number of hydrogen-bond acceptors (Lipinski definition) is 3. The summed E-state index contributed by atoms with van der Waals surface area (Å²) in [5.41, 5.74) is 0.266. The zero-order chi connectivity index (χ0) is 11.5. The van der Waals surface area contributed by atoms with Gasteiger partial charge >= 0.3 is 0 Å². The van der Waals surface area contributed by atoms with Crippen molar-refractivity contribution >= 4 is 23.4 Å². The van der Waals surface area contributed by atoms with Crippen molar-refractivity contribution in [3.05, 3.63) is 29.8 Å². The van der Waals surface area contributed by atoms with Gasteiger partial charge in [-0.15, -0.1) is 11.8 Å². The van der Waals surface area contributed by atoms with Crippen molar-refractivity contribution < 1.29 is 13.6 Å². The quantitative estimate of drug-likeness (QED) is 0.829. The molecule has 1 aromatic carbocycles. The maximum absolute atomic E-state index is 12.9. The summed E-state index contributed by atoms with van der Waals surface area (Å²) in [4.78, 5) is 11.6. The first-order chi connectivity index (χ1) is 7.66. The van der Waals surface area contributed by atoms with Crippen molar-refractivity contribution in [2.45, 2.75) is 6.04 Å². The van der Waals surface area contributed by atoms with E-state index in [1.54, 1.807) is 11.8 Å². The van der Waals surface area contributed by atoms with E-state index in [1.165, 1.54) is 6.07 Å². The molecule has 1 aromatic rings. The molecule has 6 heteroatoms. The number of benzene rings is 1. The number of rotatable bonds is 2. The molecule has 1 unspecified atom stereocenters. The molecule has 2 N–H and O–H groups in total. The average Bonchev–Trinajstić information content (AvgIpc) is 2.77. The summed E-state index contributed by atoms with van der Waals surface area (Å²) in [7, 11) is 0. The molecule has 1 aliphatic heterocycles. The Morgan fingerprint density at radius 1 is 1.44 bits per heavy atom. The lowest BCUT2D eigenvalue weighted by Crippen LogP contribution is -2.37. The fourth-order valence-corrected chi connectivity index (χ4v) is 2.31. The standard InChI is InChI=1S/C10H10F2N2OS/c11-7-2-1-6(3-8(7)12)14-10(15)9-4-16-5-13-9/h1-3,9,13H,4-5H2,(H,14,15).